The van der Waals surface area contributed by atoms with Gasteiger partial charge in [0.2, 0.25) is 5.91 Å². The number of benzene rings is 1. The van der Waals surface area contributed by atoms with Crippen molar-refractivity contribution < 1.29 is 9.53 Å². The molecule has 2 aromatic heterocycles. The van der Waals surface area contributed by atoms with Crippen LogP contribution in [0.25, 0.3) is 22.0 Å². The predicted octanol–water partition coefficient (Wildman–Crippen LogP) is 3.02. The van der Waals surface area contributed by atoms with Crippen LogP contribution in [0.3, 0.4) is 0 Å². The summed E-state index contributed by atoms with van der Waals surface area (Å²) in [6.07, 6.45) is 1.67. The SMILES string of the molecule is Cc1ccccc1-c1cc2cc(NC(=O)C3C4COCC43)ncc2c(N)n1. The molecule has 5 rings (SSSR count). The zero-order valence-electron chi connectivity index (χ0n) is 15.0. The van der Waals surface area contributed by atoms with Crippen LogP contribution in [0.15, 0.2) is 42.6 Å². The van der Waals surface area contributed by atoms with Crippen molar-refractivity contribution in [3.63, 3.8) is 0 Å². The largest absolute Gasteiger partial charge is 0.383 e. The Morgan fingerprint density at radius 3 is 2.78 bits per heavy atom. The van der Waals surface area contributed by atoms with Gasteiger partial charge in [0.1, 0.15) is 11.6 Å². The van der Waals surface area contributed by atoms with Crippen molar-refractivity contribution in [1.29, 1.82) is 0 Å². The van der Waals surface area contributed by atoms with Crippen molar-refractivity contribution in [3.8, 4) is 11.3 Å². The molecule has 1 saturated carbocycles. The zero-order valence-corrected chi connectivity index (χ0v) is 15.0. The smallest absolute Gasteiger partial charge is 0.229 e. The van der Waals surface area contributed by atoms with Gasteiger partial charge in [0.05, 0.1) is 18.9 Å². The number of carbonyl (C=O) groups excluding carboxylic acids is 1. The second kappa shape index (κ2) is 6.03. The molecule has 2 unspecified atom stereocenters. The van der Waals surface area contributed by atoms with Crippen LogP contribution in [0.2, 0.25) is 0 Å². The molecule has 0 bridgehead atoms. The normalized spacial score (nSPS) is 23.2. The van der Waals surface area contributed by atoms with Gasteiger partial charge in [-0.2, -0.15) is 0 Å². The zero-order chi connectivity index (χ0) is 18.5. The lowest BCUT2D eigenvalue weighted by molar-refractivity contribution is -0.118. The van der Waals surface area contributed by atoms with Crippen LogP contribution < -0.4 is 11.1 Å². The molecular weight excluding hydrogens is 340 g/mol. The Labute approximate surface area is 156 Å². The lowest BCUT2D eigenvalue weighted by atomic mass is 10.0. The summed E-state index contributed by atoms with van der Waals surface area (Å²) >= 11 is 0. The minimum absolute atomic E-state index is 0.0290. The number of pyridine rings is 2. The summed E-state index contributed by atoms with van der Waals surface area (Å²) < 4.78 is 5.36. The standard InChI is InChI=1S/C21H20N4O2/c1-11-4-2-3-5-13(11)17-6-12-7-18(23-8-14(12)20(22)24-17)25-21(26)19-15-9-27-10-16(15)19/h2-8,15-16,19H,9-10H2,1H3,(H2,22,24)(H,23,25,26). The molecular formula is C21H20N4O2. The van der Waals surface area contributed by atoms with Crippen LogP contribution in [0.1, 0.15) is 5.56 Å². The number of nitrogens with one attached hydrogen (secondary N) is 1. The average Bonchev–Trinajstić information content (AvgIpc) is 3.14. The molecule has 6 heteroatoms. The van der Waals surface area contributed by atoms with Crippen LogP contribution in [0.4, 0.5) is 11.6 Å². The number of amides is 1. The Morgan fingerprint density at radius 2 is 2.00 bits per heavy atom. The van der Waals surface area contributed by atoms with Gasteiger partial charge in [-0.15, -0.1) is 0 Å². The fourth-order valence-electron chi connectivity index (χ4n) is 4.08. The molecule has 3 N–H and O–H groups in total. The van der Waals surface area contributed by atoms with Crippen molar-refractivity contribution >= 4 is 28.3 Å². The molecule has 0 radical (unpaired) electrons. The fourth-order valence-corrected chi connectivity index (χ4v) is 4.08. The van der Waals surface area contributed by atoms with E-state index in [-0.39, 0.29) is 11.8 Å². The quantitative estimate of drug-likeness (QED) is 0.749. The lowest BCUT2D eigenvalue weighted by Crippen LogP contribution is -2.19. The molecule has 1 saturated heterocycles. The van der Waals surface area contributed by atoms with Crippen LogP contribution in [-0.4, -0.2) is 29.1 Å². The van der Waals surface area contributed by atoms with E-state index >= 15 is 0 Å². The van der Waals surface area contributed by atoms with E-state index in [0.29, 0.717) is 36.7 Å². The molecule has 1 amide bonds. The van der Waals surface area contributed by atoms with Gasteiger partial charge in [-0.05, 0) is 41.8 Å². The third kappa shape index (κ3) is 2.73. The highest BCUT2D eigenvalue weighted by atomic mass is 16.5. The second-order valence-electron chi connectivity index (χ2n) is 7.38. The average molecular weight is 360 g/mol. The highest BCUT2D eigenvalue weighted by Crippen LogP contribution is 2.51. The second-order valence-corrected chi connectivity index (χ2v) is 7.38. The number of nitrogens with two attached hydrogens (primary N) is 1. The Hall–Kier alpha value is -2.99. The summed E-state index contributed by atoms with van der Waals surface area (Å²) in [6, 6.07) is 11.9. The number of aryl methyl sites for hydroxylation is 1. The summed E-state index contributed by atoms with van der Waals surface area (Å²) in [6.45, 7) is 3.43. The molecule has 27 heavy (non-hydrogen) atoms. The number of anilines is 2. The monoisotopic (exact) mass is 360 g/mol. The summed E-state index contributed by atoms with van der Waals surface area (Å²) in [4.78, 5) is 21.4. The van der Waals surface area contributed by atoms with Gasteiger partial charge in [-0.1, -0.05) is 24.3 Å². The maximum absolute atomic E-state index is 12.5. The molecule has 2 aliphatic rings. The van der Waals surface area contributed by atoms with E-state index in [1.165, 1.54) is 0 Å². The van der Waals surface area contributed by atoms with Crippen LogP contribution in [0.5, 0.6) is 0 Å². The van der Waals surface area contributed by atoms with Crippen LogP contribution in [-0.2, 0) is 9.53 Å². The highest BCUT2D eigenvalue weighted by Gasteiger charge is 2.58. The van der Waals surface area contributed by atoms with Gasteiger partial charge >= 0.3 is 0 Å². The summed E-state index contributed by atoms with van der Waals surface area (Å²) in [7, 11) is 0. The van der Waals surface area contributed by atoms with Gasteiger partial charge in [0, 0.05) is 23.1 Å². The summed E-state index contributed by atoms with van der Waals surface area (Å²) in [5.74, 6) is 1.81. The van der Waals surface area contributed by atoms with Crippen LogP contribution in [0, 0.1) is 24.7 Å². The number of nitrogen functional groups attached to an aromatic ring is 1. The molecule has 2 fully saturated rings. The Balaban J connectivity index is 1.47. The highest BCUT2D eigenvalue weighted by molar-refractivity contribution is 5.98. The van der Waals surface area contributed by atoms with E-state index < -0.39 is 0 Å². The molecule has 3 aromatic rings. The molecule has 0 spiro atoms. The van der Waals surface area contributed by atoms with Crippen molar-refractivity contribution in [2.45, 2.75) is 6.92 Å². The van der Waals surface area contributed by atoms with E-state index in [1.54, 1.807) is 6.20 Å². The number of carbonyl (C=O) groups is 1. The Bertz CT molecular complexity index is 1060. The van der Waals surface area contributed by atoms with E-state index in [9.17, 15) is 4.79 Å². The van der Waals surface area contributed by atoms with E-state index in [4.69, 9.17) is 10.5 Å². The number of aromatic nitrogens is 2. The maximum atomic E-state index is 12.5. The van der Waals surface area contributed by atoms with Crippen molar-refractivity contribution in [3.05, 3.63) is 48.2 Å². The Morgan fingerprint density at radius 1 is 1.22 bits per heavy atom. The molecule has 2 atom stereocenters. The van der Waals surface area contributed by atoms with Crippen LogP contribution >= 0.6 is 0 Å². The van der Waals surface area contributed by atoms with Crippen molar-refractivity contribution in [1.82, 2.24) is 9.97 Å². The van der Waals surface area contributed by atoms with Gasteiger partial charge < -0.3 is 15.8 Å². The van der Waals surface area contributed by atoms with Gasteiger partial charge in [0.25, 0.3) is 0 Å². The van der Waals surface area contributed by atoms with E-state index in [2.05, 4.69) is 15.3 Å². The molecule has 1 aliphatic heterocycles. The molecule has 136 valence electrons. The number of hydrogen-bond acceptors (Lipinski definition) is 5. The number of hydrogen-bond donors (Lipinski definition) is 2. The molecule has 6 nitrogen and oxygen atoms in total. The Kier molecular flexibility index (Phi) is 3.62. The number of fused-ring (bicyclic) bond motifs is 2. The fraction of sp³-hybridized carbons (Fsp3) is 0.286. The number of rotatable bonds is 3. The minimum atomic E-state index is 0.0290. The van der Waals surface area contributed by atoms with Gasteiger partial charge in [0.15, 0.2) is 0 Å². The van der Waals surface area contributed by atoms with E-state index in [0.717, 1.165) is 27.6 Å². The number of nitrogens with zero attached hydrogens (tertiary/aromatic N) is 2. The number of ether oxygens (including phenoxy) is 1. The summed E-state index contributed by atoms with van der Waals surface area (Å²) in [5.41, 5.74) is 9.15. The van der Waals surface area contributed by atoms with Gasteiger partial charge in [-0.3, -0.25) is 4.79 Å². The molecule has 1 aliphatic carbocycles. The van der Waals surface area contributed by atoms with Gasteiger partial charge in [-0.25, -0.2) is 9.97 Å². The first-order valence-electron chi connectivity index (χ1n) is 9.13. The predicted molar refractivity (Wildman–Crippen MR) is 104 cm³/mol. The minimum Gasteiger partial charge on any atom is -0.383 e. The molecule has 1 aromatic carbocycles. The topological polar surface area (TPSA) is 90.1 Å². The van der Waals surface area contributed by atoms with Crippen molar-refractivity contribution in [2.24, 2.45) is 17.8 Å². The van der Waals surface area contributed by atoms with E-state index in [1.807, 2.05) is 43.3 Å². The maximum Gasteiger partial charge on any atom is 0.229 e. The van der Waals surface area contributed by atoms with Crippen molar-refractivity contribution in [2.75, 3.05) is 24.3 Å². The summed E-state index contributed by atoms with van der Waals surface area (Å²) in [5, 5.41) is 4.64. The molecule has 3 heterocycles. The first-order chi connectivity index (χ1) is 13.1. The first-order valence-corrected chi connectivity index (χ1v) is 9.13. The lowest BCUT2D eigenvalue weighted by Gasteiger charge is -2.10. The third-order valence-electron chi connectivity index (χ3n) is 5.67. The first kappa shape index (κ1) is 16.2. The third-order valence-corrected chi connectivity index (χ3v) is 5.67.